The van der Waals surface area contributed by atoms with Gasteiger partial charge in [0.05, 0.1) is 16.4 Å². The maximum atomic E-state index is 11.2. The molecule has 22 heavy (non-hydrogen) atoms. The summed E-state index contributed by atoms with van der Waals surface area (Å²) < 4.78 is 1.93. The van der Waals surface area contributed by atoms with Crippen molar-refractivity contribution in [2.75, 3.05) is 0 Å². The maximum Gasteiger partial charge on any atom is 0.147 e. The molecule has 0 spiro atoms. The number of hydrogen-bond acceptors (Lipinski definition) is 2. The highest BCUT2D eigenvalue weighted by molar-refractivity contribution is 6.51. The molecule has 1 unspecified atom stereocenters. The summed E-state index contributed by atoms with van der Waals surface area (Å²) in [5.74, 6) is 0.224. The topological polar surface area (TPSA) is 34.9 Å². The molecule has 114 valence electrons. The molecule has 2 aromatic rings. The van der Waals surface area contributed by atoms with Gasteiger partial charge in [-0.05, 0) is 24.8 Å². The molecule has 3 nitrogen and oxygen atoms in total. The van der Waals surface area contributed by atoms with E-state index in [2.05, 4.69) is 36.3 Å². The number of carbonyl (C=O) groups excluding carboxylic acids is 1. The number of nitrogens with zero attached hydrogens (tertiary/aromatic N) is 2. The molecule has 0 saturated carbocycles. The van der Waals surface area contributed by atoms with Crippen LogP contribution in [0.25, 0.3) is 5.03 Å². The smallest absolute Gasteiger partial charge is 0.147 e. The lowest BCUT2D eigenvalue weighted by Gasteiger charge is -2.20. The van der Waals surface area contributed by atoms with Crippen molar-refractivity contribution in [2.24, 2.45) is 7.05 Å². The molecule has 1 aromatic carbocycles. The molecule has 1 aliphatic rings. The highest BCUT2D eigenvalue weighted by atomic mass is 35.5. The van der Waals surface area contributed by atoms with Crippen molar-refractivity contribution >= 4 is 22.9 Å². The summed E-state index contributed by atoms with van der Waals surface area (Å²) in [6.45, 7) is 2.16. The fraction of sp³-hybridized carbons (Fsp3) is 0.333. The molecule has 4 heteroatoms. The lowest BCUT2D eigenvalue weighted by Crippen LogP contribution is -2.09. The lowest BCUT2D eigenvalue weighted by atomic mass is 9.87. The van der Waals surface area contributed by atoms with E-state index >= 15 is 0 Å². The minimum atomic E-state index is 0.224. The predicted molar refractivity (Wildman–Crippen MR) is 88.9 cm³/mol. The average Bonchev–Trinajstić information content (AvgIpc) is 2.87. The van der Waals surface area contributed by atoms with Crippen LogP contribution in [0.2, 0.25) is 0 Å². The normalized spacial score (nSPS) is 15.6. The molecule has 0 saturated heterocycles. The molecule has 0 radical (unpaired) electrons. The van der Waals surface area contributed by atoms with Gasteiger partial charge in [0.15, 0.2) is 0 Å². The number of allylic oxidation sites excluding steroid dienone is 1. The minimum absolute atomic E-state index is 0.224. The van der Waals surface area contributed by atoms with Gasteiger partial charge in [-0.3, -0.25) is 9.48 Å². The Balaban J connectivity index is 2.19. The van der Waals surface area contributed by atoms with E-state index in [1.807, 2.05) is 17.8 Å². The SMILES string of the molecule is CCC(c1ccccc1)c1c2c(nn1C)CCC(C=O)=C2Cl. The first-order valence-corrected chi connectivity index (χ1v) is 8.00. The van der Waals surface area contributed by atoms with E-state index in [0.717, 1.165) is 36.1 Å². The molecular formula is C18H19ClN2O. The van der Waals surface area contributed by atoms with Crippen molar-refractivity contribution in [2.45, 2.75) is 32.1 Å². The predicted octanol–water partition coefficient (Wildman–Crippen LogP) is 4.06. The van der Waals surface area contributed by atoms with Crippen molar-refractivity contribution in [3.8, 4) is 0 Å². The average molecular weight is 315 g/mol. The van der Waals surface area contributed by atoms with E-state index in [1.54, 1.807) is 0 Å². The summed E-state index contributed by atoms with van der Waals surface area (Å²) >= 11 is 6.52. The third kappa shape index (κ3) is 2.40. The van der Waals surface area contributed by atoms with Crippen LogP contribution >= 0.6 is 11.6 Å². The van der Waals surface area contributed by atoms with Crippen LogP contribution in [0.4, 0.5) is 0 Å². The summed E-state index contributed by atoms with van der Waals surface area (Å²) in [7, 11) is 1.96. The Morgan fingerprint density at radius 1 is 1.32 bits per heavy atom. The molecule has 0 N–H and O–H groups in total. The number of rotatable bonds is 4. The fourth-order valence-corrected chi connectivity index (χ4v) is 3.66. The van der Waals surface area contributed by atoms with E-state index in [-0.39, 0.29) is 5.92 Å². The minimum Gasteiger partial charge on any atom is -0.298 e. The van der Waals surface area contributed by atoms with E-state index in [4.69, 9.17) is 11.6 Å². The number of benzene rings is 1. The van der Waals surface area contributed by atoms with Gasteiger partial charge in [0.1, 0.15) is 6.29 Å². The van der Waals surface area contributed by atoms with Crippen molar-refractivity contribution in [1.82, 2.24) is 9.78 Å². The van der Waals surface area contributed by atoms with Crippen molar-refractivity contribution < 1.29 is 4.79 Å². The third-order valence-corrected chi connectivity index (χ3v) is 4.81. The Bertz CT molecular complexity index is 731. The summed E-state index contributed by atoms with van der Waals surface area (Å²) in [5.41, 5.74) is 5.01. The molecule has 1 aliphatic carbocycles. The fourth-order valence-electron chi connectivity index (χ4n) is 3.31. The number of hydrogen-bond donors (Lipinski definition) is 0. The second-order valence-electron chi connectivity index (χ2n) is 5.66. The van der Waals surface area contributed by atoms with Gasteiger partial charge < -0.3 is 0 Å². The molecule has 0 aliphatic heterocycles. The van der Waals surface area contributed by atoms with Crippen molar-refractivity contribution in [3.63, 3.8) is 0 Å². The Hall–Kier alpha value is -1.87. The van der Waals surface area contributed by atoms with Crippen LogP contribution in [0.5, 0.6) is 0 Å². The Labute approximate surface area is 135 Å². The zero-order chi connectivity index (χ0) is 15.7. The van der Waals surface area contributed by atoms with Gasteiger partial charge in [-0.25, -0.2) is 0 Å². The van der Waals surface area contributed by atoms with Crippen molar-refractivity contribution in [3.05, 3.63) is 58.4 Å². The van der Waals surface area contributed by atoms with Gasteiger partial charge in [0.25, 0.3) is 0 Å². The molecule has 3 rings (SSSR count). The number of halogens is 1. The number of fused-ring (bicyclic) bond motifs is 1. The van der Waals surface area contributed by atoms with E-state index in [1.165, 1.54) is 5.56 Å². The first kappa shape index (κ1) is 15.0. The van der Waals surface area contributed by atoms with Crippen LogP contribution in [-0.4, -0.2) is 16.1 Å². The van der Waals surface area contributed by atoms with Gasteiger partial charge in [0, 0.05) is 24.1 Å². The largest absolute Gasteiger partial charge is 0.298 e. The quantitative estimate of drug-likeness (QED) is 0.798. The molecule has 0 fully saturated rings. The van der Waals surface area contributed by atoms with Crippen LogP contribution in [0.15, 0.2) is 35.9 Å². The number of aromatic nitrogens is 2. The van der Waals surface area contributed by atoms with Crippen LogP contribution < -0.4 is 0 Å². The highest BCUT2D eigenvalue weighted by Crippen LogP contribution is 2.40. The summed E-state index contributed by atoms with van der Waals surface area (Å²) in [6.07, 6.45) is 3.29. The van der Waals surface area contributed by atoms with E-state index < -0.39 is 0 Å². The zero-order valence-electron chi connectivity index (χ0n) is 12.8. The Morgan fingerprint density at radius 3 is 2.68 bits per heavy atom. The molecule has 1 atom stereocenters. The summed E-state index contributed by atoms with van der Waals surface area (Å²) in [5, 5.41) is 5.22. The number of aldehydes is 1. The zero-order valence-corrected chi connectivity index (χ0v) is 13.6. The second kappa shape index (κ2) is 6.09. The summed E-state index contributed by atoms with van der Waals surface area (Å²) in [4.78, 5) is 11.2. The molecule has 0 bridgehead atoms. The van der Waals surface area contributed by atoms with Gasteiger partial charge in [0.2, 0.25) is 0 Å². The third-order valence-electron chi connectivity index (χ3n) is 4.38. The second-order valence-corrected chi connectivity index (χ2v) is 6.04. The Morgan fingerprint density at radius 2 is 2.05 bits per heavy atom. The summed E-state index contributed by atoms with van der Waals surface area (Å²) in [6, 6.07) is 10.4. The van der Waals surface area contributed by atoms with Crippen LogP contribution in [0, 0.1) is 0 Å². The van der Waals surface area contributed by atoms with Gasteiger partial charge in [-0.15, -0.1) is 0 Å². The van der Waals surface area contributed by atoms with Crippen molar-refractivity contribution in [1.29, 1.82) is 0 Å². The van der Waals surface area contributed by atoms with Crippen LogP contribution in [0.1, 0.15) is 48.2 Å². The molecule has 1 heterocycles. The first-order chi connectivity index (χ1) is 10.7. The van der Waals surface area contributed by atoms with Gasteiger partial charge in [-0.1, -0.05) is 48.9 Å². The first-order valence-electron chi connectivity index (χ1n) is 7.62. The monoisotopic (exact) mass is 314 g/mol. The van der Waals surface area contributed by atoms with Gasteiger partial charge >= 0.3 is 0 Å². The molecule has 1 aromatic heterocycles. The van der Waals surface area contributed by atoms with Crippen LogP contribution in [-0.2, 0) is 18.3 Å². The highest BCUT2D eigenvalue weighted by Gasteiger charge is 2.29. The van der Waals surface area contributed by atoms with E-state index in [0.29, 0.717) is 17.0 Å². The van der Waals surface area contributed by atoms with E-state index in [9.17, 15) is 4.79 Å². The van der Waals surface area contributed by atoms with Crippen LogP contribution in [0.3, 0.4) is 0 Å². The number of aryl methyl sites for hydroxylation is 2. The van der Waals surface area contributed by atoms with Gasteiger partial charge in [-0.2, -0.15) is 5.10 Å². The molecule has 0 amide bonds. The lowest BCUT2D eigenvalue weighted by molar-refractivity contribution is -0.105. The standard InChI is InChI=1S/C18H19ClN2O/c1-3-14(12-7-5-4-6-8-12)18-16-15(20-21(18)2)10-9-13(11-22)17(16)19/h4-8,11,14H,3,9-10H2,1-2H3. The molecular weight excluding hydrogens is 296 g/mol. The maximum absolute atomic E-state index is 11.2. The Kier molecular flexibility index (Phi) is 4.16. The number of carbonyl (C=O) groups is 1.